The lowest BCUT2D eigenvalue weighted by Gasteiger charge is -2.27. The molecule has 0 unspecified atom stereocenters. The van der Waals surface area contributed by atoms with Gasteiger partial charge in [0.25, 0.3) is 11.8 Å². The molecule has 0 atom stereocenters. The average molecular weight is 477 g/mol. The number of para-hydroxylation sites is 2. The molecule has 5 rings (SSSR count). The van der Waals surface area contributed by atoms with Crippen LogP contribution in [0.5, 0.6) is 5.75 Å². The Bertz CT molecular complexity index is 1550. The zero-order valence-electron chi connectivity index (χ0n) is 18.8. The number of amides is 2. The third-order valence-electron chi connectivity index (χ3n) is 5.78. The van der Waals surface area contributed by atoms with E-state index in [0.717, 1.165) is 4.90 Å². The zero-order valence-corrected chi connectivity index (χ0v) is 18.8. The second kappa shape index (κ2) is 9.19. The van der Waals surface area contributed by atoms with Crippen LogP contribution in [-0.2, 0) is 4.79 Å². The number of carbonyl (C=O) groups excluding carboxylic acids is 2. The van der Waals surface area contributed by atoms with Crippen molar-refractivity contribution in [3.05, 3.63) is 114 Å². The second-order valence-corrected chi connectivity index (χ2v) is 7.99. The Labute approximate surface area is 205 Å². The van der Waals surface area contributed by atoms with E-state index in [1.165, 1.54) is 12.1 Å². The van der Waals surface area contributed by atoms with Crippen LogP contribution in [0.15, 0.2) is 102 Å². The SMILES string of the molecule is O=C(O)c1cccc(-c2cccc(N/N=C3\C(=O)N(c4ccccc4)C(=O)c4ccccc43)c2O)c1. The van der Waals surface area contributed by atoms with Crippen LogP contribution in [0.1, 0.15) is 26.3 Å². The van der Waals surface area contributed by atoms with Crippen molar-refractivity contribution >= 4 is 34.9 Å². The van der Waals surface area contributed by atoms with E-state index in [9.17, 15) is 24.6 Å². The minimum atomic E-state index is -1.08. The number of rotatable bonds is 5. The van der Waals surface area contributed by atoms with Crippen molar-refractivity contribution in [1.82, 2.24) is 0 Å². The number of nitrogens with zero attached hydrogens (tertiary/aromatic N) is 2. The van der Waals surface area contributed by atoms with Gasteiger partial charge in [0, 0.05) is 11.1 Å². The summed E-state index contributed by atoms with van der Waals surface area (Å²) in [7, 11) is 0. The van der Waals surface area contributed by atoms with Crippen LogP contribution in [-0.4, -0.2) is 33.7 Å². The monoisotopic (exact) mass is 477 g/mol. The molecular weight excluding hydrogens is 458 g/mol. The molecule has 0 bridgehead atoms. The van der Waals surface area contributed by atoms with E-state index in [2.05, 4.69) is 10.5 Å². The number of anilines is 2. The van der Waals surface area contributed by atoms with Gasteiger partial charge in [-0.05, 0) is 42.0 Å². The summed E-state index contributed by atoms with van der Waals surface area (Å²) in [5, 5.41) is 24.5. The molecule has 0 aliphatic carbocycles. The number of hydrogen-bond acceptors (Lipinski definition) is 6. The Balaban J connectivity index is 1.55. The molecule has 0 saturated carbocycles. The maximum atomic E-state index is 13.4. The minimum Gasteiger partial charge on any atom is -0.505 e. The van der Waals surface area contributed by atoms with Crippen molar-refractivity contribution in [3.63, 3.8) is 0 Å². The average Bonchev–Trinajstić information content (AvgIpc) is 2.90. The van der Waals surface area contributed by atoms with Crippen LogP contribution in [0, 0.1) is 0 Å². The summed E-state index contributed by atoms with van der Waals surface area (Å²) in [5.74, 6) is -2.31. The molecule has 4 aromatic carbocycles. The maximum absolute atomic E-state index is 13.4. The fraction of sp³-hybridized carbons (Fsp3) is 0. The summed E-state index contributed by atoms with van der Waals surface area (Å²) >= 11 is 0. The number of aromatic hydroxyl groups is 1. The Hall–Kier alpha value is -5.24. The van der Waals surface area contributed by atoms with Gasteiger partial charge in [-0.15, -0.1) is 0 Å². The molecular formula is C28H19N3O5. The predicted molar refractivity (Wildman–Crippen MR) is 135 cm³/mol. The summed E-state index contributed by atoms with van der Waals surface area (Å²) in [5.41, 5.74) is 5.05. The van der Waals surface area contributed by atoms with Gasteiger partial charge in [0.05, 0.1) is 22.5 Å². The van der Waals surface area contributed by atoms with Crippen molar-refractivity contribution in [2.24, 2.45) is 5.10 Å². The highest BCUT2D eigenvalue weighted by atomic mass is 16.4. The summed E-state index contributed by atoms with van der Waals surface area (Å²) < 4.78 is 0. The molecule has 8 heteroatoms. The standard InChI is InChI=1S/C28H19N3O5/c32-25-20(17-8-6-9-18(16-17)28(35)36)14-7-15-23(25)29-30-24-21-12-4-5-13-22(21)26(33)31(27(24)34)19-10-2-1-3-11-19/h1-16,29,32H,(H,35,36)/b30-24-. The van der Waals surface area contributed by atoms with E-state index in [1.807, 2.05) is 0 Å². The first-order valence-electron chi connectivity index (χ1n) is 11.0. The third kappa shape index (κ3) is 3.97. The molecule has 36 heavy (non-hydrogen) atoms. The molecule has 1 heterocycles. The topological polar surface area (TPSA) is 119 Å². The number of phenolic OH excluding ortho intramolecular Hbond substituents is 1. The molecule has 1 aliphatic heterocycles. The van der Waals surface area contributed by atoms with Crippen molar-refractivity contribution in [2.45, 2.75) is 0 Å². The van der Waals surface area contributed by atoms with Crippen LogP contribution in [0.3, 0.4) is 0 Å². The van der Waals surface area contributed by atoms with Crippen LogP contribution in [0.2, 0.25) is 0 Å². The van der Waals surface area contributed by atoms with Crippen LogP contribution in [0.4, 0.5) is 11.4 Å². The molecule has 0 saturated heterocycles. The highest BCUT2D eigenvalue weighted by Gasteiger charge is 2.37. The van der Waals surface area contributed by atoms with Crippen LogP contribution in [0.25, 0.3) is 11.1 Å². The Morgan fingerprint density at radius 3 is 2.17 bits per heavy atom. The number of hydrazone groups is 1. The number of benzene rings is 4. The predicted octanol–water partition coefficient (Wildman–Crippen LogP) is 4.76. The van der Waals surface area contributed by atoms with E-state index in [4.69, 9.17) is 0 Å². The number of hydrogen-bond donors (Lipinski definition) is 3. The van der Waals surface area contributed by atoms with Crippen molar-refractivity contribution in [3.8, 4) is 16.9 Å². The highest BCUT2D eigenvalue weighted by molar-refractivity contribution is 6.57. The molecule has 2 amide bonds. The number of carboxylic acids is 1. The largest absolute Gasteiger partial charge is 0.505 e. The number of nitrogens with one attached hydrogen (secondary N) is 1. The van der Waals surface area contributed by atoms with Gasteiger partial charge in [-0.2, -0.15) is 5.10 Å². The molecule has 0 radical (unpaired) electrons. The second-order valence-electron chi connectivity index (χ2n) is 7.99. The first kappa shape index (κ1) is 22.5. The van der Waals surface area contributed by atoms with Crippen LogP contribution < -0.4 is 10.3 Å². The summed E-state index contributed by atoms with van der Waals surface area (Å²) in [6, 6.07) is 26.3. The van der Waals surface area contributed by atoms with Gasteiger partial charge in [-0.3, -0.25) is 15.0 Å². The number of fused-ring (bicyclic) bond motifs is 1. The molecule has 8 nitrogen and oxygen atoms in total. The van der Waals surface area contributed by atoms with E-state index in [0.29, 0.717) is 27.9 Å². The Morgan fingerprint density at radius 1 is 0.750 bits per heavy atom. The lowest BCUT2D eigenvalue weighted by Crippen LogP contribution is -2.47. The van der Waals surface area contributed by atoms with Crippen LogP contribution >= 0.6 is 0 Å². The van der Waals surface area contributed by atoms with Gasteiger partial charge in [0.2, 0.25) is 0 Å². The fourth-order valence-electron chi connectivity index (χ4n) is 4.03. The van der Waals surface area contributed by atoms with Gasteiger partial charge in [-0.25, -0.2) is 9.69 Å². The number of phenols is 1. The van der Waals surface area contributed by atoms with Crippen molar-refractivity contribution in [2.75, 3.05) is 10.3 Å². The van der Waals surface area contributed by atoms with E-state index in [-0.39, 0.29) is 22.7 Å². The number of carbonyl (C=O) groups is 3. The van der Waals surface area contributed by atoms with Gasteiger partial charge >= 0.3 is 5.97 Å². The van der Waals surface area contributed by atoms with E-state index >= 15 is 0 Å². The molecule has 3 N–H and O–H groups in total. The number of imide groups is 1. The molecule has 0 spiro atoms. The molecule has 1 aliphatic rings. The van der Waals surface area contributed by atoms with E-state index in [1.54, 1.807) is 84.9 Å². The highest BCUT2D eigenvalue weighted by Crippen LogP contribution is 2.36. The summed E-state index contributed by atoms with van der Waals surface area (Å²) in [6.07, 6.45) is 0. The first-order valence-corrected chi connectivity index (χ1v) is 11.0. The third-order valence-corrected chi connectivity index (χ3v) is 5.78. The quantitative estimate of drug-likeness (QED) is 0.217. The number of aromatic carboxylic acids is 1. The Morgan fingerprint density at radius 2 is 1.42 bits per heavy atom. The van der Waals surface area contributed by atoms with Gasteiger partial charge in [-0.1, -0.05) is 60.7 Å². The molecule has 4 aromatic rings. The molecule has 176 valence electrons. The lowest BCUT2D eigenvalue weighted by molar-refractivity contribution is -0.112. The first-order chi connectivity index (χ1) is 17.5. The van der Waals surface area contributed by atoms with E-state index < -0.39 is 17.8 Å². The smallest absolute Gasteiger partial charge is 0.335 e. The maximum Gasteiger partial charge on any atom is 0.335 e. The normalized spacial score (nSPS) is 14.0. The zero-order chi connectivity index (χ0) is 25.2. The minimum absolute atomic E-state index is 0.00623. The van der Waals surface area contributed by atoms with Gasteiger partial charge in [0.15, 0.2) is 5.71 Å². The Kier molecular flexibility index (Phi) is 5.75. The fourth-order valence-corrected chi connectivity index (χ4v) is 4.03. The lowest BCUT2D eigenvalue weighted by atomic mass is 9.96. The summed E-state index contributed by atoms with van der Waals surface area (Å²) in [4.78, 5) is 38.9. The number of carboxylic acid groups (broad SMARTS) is 1. The van der Waals surface area contributed by atoms with Gasteiger partial charge < -0.3 is 10.2 Å². The molecule has 0 aromatic heterocycles. The molecule has 0 fully saturated rings. The van der Waals surface area contributed by atoms with Gasteiger partial charge in [0.1, 0.15) is 5.75 Å². The van der Waals surface area contributed by atoms with Crippen molar-refractivity contribution in [1.29, 1.82) is 0 Å². The van der Waals surface area contributed by atoms with Crippen molar-refractivity contribution < 1.29 is 24.6 Å². The summed E-state index contributed by atoms with van der Waals surface area (Å²) in [6.45, 7) is 0.